The van der Waals surface area contributed by atoms with Crippen LogP contribution in [0.3, 0.4) is 0 Å². The summed E-state index contributed by atoms with van der Waals surface area (Å²) in [6, 6.07) is 0. The van der Waals surface area contributed by atoms with Gasteiger partial charge in [-0.25, -0.2) is 0 Å². The molecule has 0 heterocycles. The predicted octanol–water partition coefficient (Wildman–Crippen LogP) is 4.56. The first kappa shape index (κ1) is 14.8. The van der Waals surface area contributed by atoms with Gasteiger partial charge in [-0.2, -0.15) is 0 Å². The number of aliphatic hydroxyl groups excluding tert-OH is 1. The molecule has 1 heteroatoms. The summed E-state index contributed by atoms with van der Waals surface area (Å²) >= 11 is 0. The van der Waals surface area contributed by atoms with Crippen molar-refractivity contribution >= 4 is 0 Å². The molecule has 0 amide bonds. The lowest BCUT2D eigenvalue weighted by molar-refractivity contribution is 0.0534. The zero-order chi connectivity index (χ0) is 13.1. The van der Waals surface area contributed by atoms with Crippen LogP contribution in [0.5, 0.6) is 0 Å². The second kappa shape index (κ2) is 6.04. The van der Waals surface area contributed by atoms with Crippen LogP contribution in [0.2, 0.25) is 0 Å². The Bertz CT molecular complexity index is 241. The highest BCUT2D eigenvalue weighted by Crippen LogP contribution is 2.41. The highest BCUT2D eigenvalue weighted by molar-refractivity contribution is 4.96. The van der Waals surface area contributed by atoms with Crippen molar-refractivity contribution in [2.24, 2.45) is 17.3 Å². The summed E-state index contributed by atoms with van der Waals surface area (Å²) in [5.41, 5.74) is 1.62. The van der Waals surface area contributed by atoms with Crippen molar-refractivity contribution in [1.82, 2.24) is 0 Å². The zero-order valence-corrected chi connectivity index (χ0v) is 12.1. The molecule has 1 atom stereocenters. The number of aliphatic hydroxyl groups is 1. The summed E-state index contributed by atoms with van der Waals surface area (Å²) in [6.07, 6.45) is 6.60. The monoisotopic (exact) mass is 238 g/mol. The third-order valence-corrected chi connectivity index (χ3v) is 4.54. The van der Waals surface area contributed by atoms with Gasteiger partial charge in [0, 0.05) is 0 Å². The molecule has 0 aromatic heterocycles. The minimum Gasteiger partial charge on any atom is -0.393 e. The Morgan fingerprint density at radius 1 is 1.24 bits per heavy atom. The highest BCUT2D eigenvalue weighted by Gasteiger charge is 2.32. The van der Waals surface area contributed by atoms with Gasteiger partial charge in [0.15, 0.2) is 0 Å². The fourth-order valence-corrected chi connectivity index (χ4v) is 2.98. The van der Waals surface area contributed by atoms with Gasteiger partial charge in [-0.3, -0.25) is 0 Å². The van der Waals surface area contributed by atoms with Gasteiger partial charge in [0.2, 0.25) is 0 Å². The van der Waals surface area contributed by atoms with Crippen molar-refractivity contribution in [3.8, 4) is 0 Å². The lowest BCUT2D eigenvalue weighted by atomic mass is 9.68. The van der Waals surface area contributed by atoms with E-state index in [9.17, 15) is 5.11 Å². The molecular weight excluding hydrogens is 208 g/mol. The molecule has 0 spiro atoms. The zero-order valence-electron chi connectivity index (χ0n) is 12.1. The van der Waals surface area contributed by atoms with Crippen molar-refractivity contribution < 1.29 is 5.11 Å². The summed E-state index contributed by atoms with van der Waals surface area (Å²) in [6.45, 7) is 13.1. The van der Waals surface area contributed by atoms with E-state index in [1.54, 1.807) is 0 Å². The van der Waals surface area contributed by atoms with Crippen molar-refractivity contribution in [3.63, 3.8) is 0 Å². The van der Waals surface area contributed by atoms with E-state index in [2.05, 4.69) is 34.3 Å². The number of rotatable bonds is 4. The molecule has 1 saturated carbocycles. The quantitative estimate of drug-likeness (QED) is 0.712. The van der Waals surface area contributed by atoms with Crippen molar-refractivity contribution in [2.45, 2.75) is 72.3 Å². The summed E-state index contributed by atoms with van der Waals surface area (Å²) in [5.74, 6) is 1.34. The van der Waals surface area contributed by atoms with Crippen molar-refractivity contribution in [2.75, 3.05) is 0 Å². The fourth-order valence-electron chi connectivity index (χ4n) is 2.98. The topological polar surface area (TPSA) is 20.2 Å². The first-order valence-electron chi connectivity index (χ1n) is 7.19. The smallest absolute Gasteiger partial charge is 0.0605 e. The fraction of sp³-hybridized carbons (Fsp3) is 0.875. The van der Waals surface area contributed by atoms with Crippen molar-refractivity contribution in [3.05, 3.63) is 12.2 Å². The minimum atomic E-state index is -0.150. The van der Waals surface area contributed by atoms with Gasteiger partial charge < -0.3 is 5.11 Å². The van der Waals surface area contributed by atoms with E-state index in [4.69, 9.17) is 0 Å². The summed E-state index contributed by atoms with van der Waals surface area (Å²) < 4.78 is 0. The lowest BCUT2D eigenvalue weighted by Gasteiger charge is -2.38. The van der Waals surface area contributed by atoms with E-state index >= 15 is 0 Å². The molecule has 1 nitrogen and oxygen atoms in total. The van der Waals surface area contributed by atoms with E-state index in [-0.39, 0.29) is 6.10 Å². The van der Waals surface area contributed by atoms with Gasteiger partial charge in [0.1, 0.15) is 0 Å². The second-order valence-electron chi connectivity index (χ2n) is 6.85. The second-order valence-corrected chi connectivity index (χ2v) is 6.85. The molecular formula is C16H30O. The Hall–Kier alpha value is -0.300. The first-order chi connectivity index (χ1) is 7.84. The van der Waals surface area contributed by atoms with Gasteiger partial charge in [-0.1, -0.05) is 39.8 Å². The first-order valence-corrected chi connectivity index (χ1v) is 7.19. The normalized spacial score (nSPS) is 27.8. The maximum Gasteiger partial charge on any atom is 0.0605 e. The average Bonchev–Trinajstić information content (AvgIpc) is 2.27. The van der Waals surface area contributed by atoms with Gasteiger partial charge in [0.05, 0.1) is 6.10 Å². The summed E-state index contributed by atoms with van der Waals surface area (Å²) in [5, 5.41) is 10.2. The van der Waals surface area contributed by atoms with Crippen LogP contribution in [0.15, 0.2) is 12.2 Å². The number of hydrogen-bond acceptors (Lipinski definition) is 1. The van der Waals surface area contributed by atoms with Gasteiger partial charge >= 0.3 is 0 Å². The van der Waals surface area contributed by atoms with Crippen LogP contribution in [0.1, 0.15) is 66.2 Å². The lowest BCUT2D eigenvalue weighted by Crippen LogP contribution is -2.30. The third kappa shape index (κ3) is 4.46. The maximum atomic E-state index is 10.2. The molecule has 1 N–H and O–H groups in total. The van der Waals surface area contributed by atoms with Crippen LogP contribution in [0.4, 0.5) is 0 Å². The SMILES string of the molecule is C=C(CC)CC(O)C1CCC(C(C)(C)C)CC1. The maximum absolute atomic E-state index is 10.2. The predicted molar refractivity (Wildman–Crippen MR) is 75.0 cm³/mol. The van der Waals surface area contributed by atoms with E-state index in [0.717, 1.165) is 18.8 Å². The molecule has 0 radical (unpaired) electrons. The molecule has 100 valence electrons. The third-order valence-electron chi connectivity index (χ3n) is 4.54. The van der Waals surface area contributed by atoms with Gasteiger partial charge in [0.25, 0.3) is 0 Å². The Kier molecular flexibility index (Phi) is 5.24. The van der Waals surface area contributed by atoms with Crippen LogP contribution >= 0.6 is 0 Å². The number of hydrogen-bond donors (Lipinski definition) is 1. The van der Waals surface area contributed by atoms with Gasteiger partial charge in [-0.15, -0.1) is 0 Å². The Morgan fingerprint density at radius 3 is 2.18 bits per heavy atom. The van der Waals surface area contributed by atoms with Crippen LogP contribution in [0.25, 0.3) is 0 Å². The minimum absolute atomic E-state index is 0.150. The average molecular weight is 238 g/mol. The molecule has 0 bridgehead atoms. The van der Waals surface area contributed by atoms with E-state index in [1.807, 2.05) is 0 Å². The van der Waals surface area contributed by atoms with E-state index in [1.165, 1.54) is 31.3 Å². The standard InChI is InChI=1S/C16H30O/c1-6-12(2)11-15(17)13-7-9-14(10-8-13)16(3,4)5/h13-15,17H,2,6-11H2,1,3-5H3. The molecule has 0 aromatic carbocycles. The van der Waals surface area contributed by atoms with Crippen molar-refractivity contribution in [1.29, 1.82) is 0 Å². The molecule has 1 aliphatic carbocycles. The van der Waals surface area contributed by atoms with E-state index in [0.29, 0.717) is 11.3 Å². The summed E-state index contributed by atoms with van der Waals surface area (Å²) in [7, 11) is 0. The van der Waals surface area contributed by atoms with Crippen LogP contribution in [-0.2, 0) is 0 Å². The molecule has 0 saturated heterocycles. The van der Waals surface area contributed by atoms with Crippen LogP contribution in [0, 0.1) is 17.3 Å². The largest absolute Gasteiger partial charge is 0.393 e. The molecule has 1 aliphatic rings. The molecule has 0 aliphatic heterocycles. The Balaban J connectivity index is 2.39. The van der Waals surface area contributed by atoms with Crippen LogP contribution < -0.4 is 0 Å². The molecule has 0 aromatic rings. The van der Waals surface area contributed by atoms with Crippen LogP contribution in [-0.4, -0.2) is 11.2 Å². The Labute approximate surface area is 107 Å². The highest BCUT2D eigenvalue weighted by atomic mass is 16.3. The molecule has 1 fully saturated rings. The molecule has 1 rings (SSSR count). The van der Waals surface area contributed by atoms with Gasteiger partial charge in [-0.05, 0) is 55.8 Å². The molecule has 17 heavy (non-hydrogen) atoms. The molecule has 1 unspecified atom stereocenters. The Morgan fingerprint density at radius 2 is 1.76 bits per heavy atom. The summed E-state index contributed by atoms with van der Waals surface area (Å²) in [4.78, 5) is 0. The van der Waals surface area contributed by atoms with E-state index < -0.39 is 0 Å².